The number of hydrogen-bond donors (Lipinski definition) is 0. The second-order valence-corrected chi connectivity index (χ2v) is 5.33. The maximum Gasteiger partial charge on any atom is 0.131 e. The van der Waals surface area contributed by atoms with Crippen LogP contribution in [0.1, 0.15) is 17.2 Å². The number of rotatable bonds is 2. The van der Waals surface area contributed by atoms with E-state index in [0.717, 1.165) is 28.7 Å². The van der Waals surface area contributed by atoms with Gasteiger partial charge in [-0.25, -0.2) is 0 Å². The van der Waals surface area contributed by atoms with Crippen molar-refractivity contribution in [1.82, 2.24) is 0 Å². The predicted molar refractivity (Wildman–Crippen MR) is 84.0 cm³/mol. The smallest absolute Gasteiger partial charge is 0.131 e. The van der Waals surface area contributed by atoms with Crippen LogP contribution < -0.4 is 9.47 Å². The van der Waals surface area contributed by atoms with Gasteiger partial charge in [-0.2, -0.15) is 0 Å². The Kier molecular flexibility index (Phi) is 2.81. The molecule has 1 aliphatic heterocycles. The lowest BCUT2D eigenvalue weighted by atomic mass is 10.0. The topological polar surface area (TPSA) is 18.5 Å². The zero-order valence-corrected chi connectivity index (χ0v) is 11.9. The van der Waals surface area contributed by atoms with Crippen molar-refractivity contribution in [3.8, 4) is 11.5 Å². The zero-order chi connectivity index (χ0) is 14.2. The molecule has 0 aromatic heterocycles. The van der Waals surface area contributed by atoms with Gasteiger partial charge in [-0.05, 0) is 11.6 Å². The molecule has 21 heavy (non-hydrogen) atoms. The molecule has 1 heterocycles. The lowest BCUT2D eigenvalue weighted by Crippen LogP contribution is -2.02. The van der Waals surface area contributed by atoms with E-state index in [0.29, 0.717) is 0 Å². The predicted octanol–water partition coefficient (Wildman–Crippen LogP) is 4.52. The van der Waals surface area contributed by atoms with Gasteiger partial charge in [0.05, 0.1) is 7.11 Å². The molecule has 0 saturated heterocycles. The number of fused-ring (bicyclic) bond motifs is 3. The summed E-state index contributed by atoms with van der Waals surface area (Å²) in [6, 6.07) is 20.7. The fourth-order valence-electron chi connectivity index (χ4n) is 3.07. The highest BCUT2D eigenvalue weighted by Crippen LogP contribution is 2.44. The molecule has 3 aromatic carbocycles. The summed E-state index contributed by atoms with van der Waals surface area (Å²) in [7, 11) is 1.72. The summed E-state index contributed by atoms with van der Waals surface area (Å²) in [4.78, 5) is 0. The van der Waals surface area contributed by atoms with Crippen LogP contribution in [0, 0.1) is 0 Å². The maximum absolute atomic E-state index is 6.25. The van der Waals surface area contributed by atoms with Crippen molar-refractivity contribution < 1.29 is 9.47 Å². The zero-order valence-electron chi connectivity index (χ0n) is 11.9. The molecular formula is C19H16O2. The molecule has 0 saturated carbocycles. The Bertz CT molecular complexity index is 793. The van der Waals surface area contributed by atoms with Gasteiger partial charge in [0, 0.05) is 22.8 Å². The van der Waals surface area contributed by atoms with Gasteiger partial charge < -0.3 is 9.47 Å². The van der Waals surface area contributed by atoms with E-state index in [4.69, 9.17) is 9.47 Å². The highest BCUT2D eigenvalue weighted by molar-refractivity contribution is 5.95. The fourth-order valence-corrected chi connectivity index (χ4v) is 3.07. The van der Waals surface area contributed by atoms with E-state index in [-0.39, 0.29) is 6.10 Å². The third kappa shape index (κ3) is 1.95. The van der Waals surface area contributed by atoms with Gasteiger partial charge in [0.15, 0.2) is 0 Å². The summed E-state index contributed by atoms with van der Waals surface area (Å²) in [5.41, 5.74) is 2.44. The van der Waals surface area contributed by atoms with Crippen molar-refractivity contribution in [2.24, 2.45) is 0 Å². The monoisotopic (exact) mass is 276 g/mol. The number of ether oxygens (including phenoxy) is 2. The van der Waals surface area contributed by atoms with Crippen LogP contribution in [0.15, 0.2) is 60.7 Å². The van der Waals surface area contributed by atoms with Crippen LogP contribution in [0.2, 0.25) is 0 Å². The molecule has 104 valence electrons. The minimum atomic E-state index is 0.0942. The first-order chi connectivity index (χ1) is 10.4. The first-order valence-corrected chi connectivity index (χ1v) is 7.17. The van der Waals surface area contributed by atoms with Crippen LogP contribution >= 0.6 is 0 Å². The Morgan fingerprint density at radius 3 is 2.43 bits per heavy atom. The van der Waals surface area contributed by atoms with Crippen LogP contribution in [0.5, 0.6) is 11.5 Å². The van der Waals surface area contributed by atoms with Crippen molar-refractivity contribution in [1.29, 1.82) is 0 Å². The van der Waals surface area contributed by atoms with Crippen LogP contribution in [0.4, 0.5) is 0 Å². The average Bonchev–Trinajstić information content (AvgIpc) is 2.99. The Labute approximate surface area is 123 Å². The highest BCUT2D eigenvalue weighted by atomic mass is 16.5. The summed E-state index contributed by atoms with van der Waals surface area (Å²) in [5, 5.41) is 2.23. The van der Waals surface area contributed by atoms with E-state index in [1.165, 1.54) is 11.1 Å². The summed E-state index contributed by atoms with van der Waals surface area (Å²) in [6.07, 6.45) is 0.984. The molecule has 4 rings (SSSR count). The molecule has 1 aliphatic rings. The SMILES string of the molecule is COc1cc2c(c3ccccc13)OC(c1ccccc1)C2. The standard InChI is InChI=1S/C19H16O2/c1-20-18-12-14-11-17(13-7-3-2-4-8-13)21-19(14)16-10-6-5-9-15(16)18/h2-10,12,17H,11H2,1H3. The molecule has 0 amide bonds. The normalized spacial score (nSPS) is 16.5. The molecule has 1 unspecified atom stereocenters. The minimum Gasteiger partial charge on any atom is -0.496 e. The molecule has 1 atom stereocenters. The molecule has 0 radical (unpaired) electrons. The van der Waals surface area contributed by atoms with Crippen molar-refractivity contribution in [3.05, 3.63) is 71.8 Å². The van der Waals surface area contributed by atoms with Crippen LogP contribution in [0.3, 0.4) is 0 Å². The van der Waals surface area contributed by atoms with Crippen LogP contribution in [-0.2, 0) is 6.42 Å². The molecule has 3 aromatic rings. The van der Waals surface area contributed by atoms with Gasteiger partial charge in [-0.3, -0.25) is 0 Å². The van der Waals surface area contributed by atoms with E-state index < -0.39 is 0 Å². The van der Waals surface area contributed by atoms with Gasteiger partial charge in [0.1, 0.15) is 17.6 Å². The summed E-state index contributed by atoms with van der Waals surface area (Å²) >= 11 is 0. The Morgan fingerprint density at radius 1 is 0.952 bits per heavy atom. The number of methoxy groups -OCH3 is 1. The van der Waals surface area contributed by atoms with Gasteiger partial charge in [0.2, 0.25) is 0 Å². The number of hydrogen-bond acceptors (Lipinski definition) is 2. The third-order valence-electron chi connectivity index (χ3n) is 4.09. The fraction of sp³-hybridized carbons (Fsp3) is 0.158. The highest BCUT2D eigenvalue weighted by Gasteiger charge is 2.27. The molecule has 0 spiro atoms. The second kappa shape index (κ2) is 4.81. The van der Waals surface area contributed by atoms with Gasteiger partial charge in [-0.1, -0.05) is 54.6 Å². The lowest BCUT2D eigenvalue weighted by Gasteiger charge is -2.12. The van der Waals surface area contributed by atoms with Gasteiger partial charge in [0.25, 0.3) is 0 Å². The van der Waals surface area contributed by atoms with E-state index >= 15 is 0 Å². The molecule has 0 N–H and O–H groups in total. The van der Waals surface area contributed by atoms with E-state index in [1.54, 1.807) is 7.11 Å². The van der Waals surface area contributed by atoms with Crippen LogP contribution in [-0.4, -0.2) is 7.11 Å². The molecule has 0 bridgehead atoms. The molecule has 2 heteroatoms. The van der Waals surface area contributed by atoms with Crippen LogP contribution in [0.25, 0.3) is 10.8 Å². The van der Waals surface area contributed by atoms with Crippen molar-refractivity contribution >= 4 is 10.8 Å². The average molecular weight is 276 g/mol. The van der Waals surface area contributed by atoms with Crippen molar-refractivity contribution in [3.63, 3.8) is 0 Å². The first-order valence-electron chi connectivity index (χ1n) is 7.17. The molecule has 0 aliphatic carbocycles. The molecule has 2 nitrogen and oxygen atoms in total. The Balaban J connectivity index is 1.84. The van der Waals surface area contributed by atoms with Gasteiger partial charge in [-0.15, -0.1) is 0 Å². The van der Waals surface area contributed by atoms with Crippen molar-refractivity contribution in [2.45, 2.75) is 12.5 Å². The lowest BCUT2D eigenvalue weighted by molar-refractivity contribution is 0.241. The second-order valence-electron chi connectivity index (χ2n) is 5.33. The Morgan fingerprint density at radius 2 is 1.67 bits per heavy atom. The Hall–Kier alpha value is -2.48. The number of benzene rings is 3. The molecular weight excluding hydrogens is 260 g/mol. The first kappa shape index (κ1) is 12.3. The van der Waals surface area contributed by atoms with Gasteiger partial charge >= 0.3 is 0 Å². The quantitative estimate of drug-likeness (QED) is 0.685. The minimum absolute atomic E-state index is 0.0942. The maximum atomic E-state index is 6.25. The third-order valence-corrected chi connectivity index (χ3v) is 4.09. The van der Waals surface area contributed by atoms with Crippen molar-refractivity contribution in [2.75, 3.05) is 7.11 Å². The van der Waals surface area contributed by atoms with E-state index in [2.05, 4.69) is 42.5 Å². The van der Waals surface area contributed by atoms with E-state index in [1.807, 2.05) is 18.2 Å². The molecule has 0 fully saturated rings. The van der Waals surface area contributed by atoms with E-state index in [9.17, 15) is 0 Å². The summed E-state index contributed by atoms with van der Waals surface area (Å²) < 4.78 is 11.8. The summed E-state index contributed by atoms with van der Waals surface area (Å²) in [5.74, 6) is 1.92. The largest absolute Gasteiger partial charge is 0.496 e. The summed E-state index contributed by atoms with van der Waals surface area (Å²) in [6.45, 7) is 0.